The number of benzene rings is 2. The number of carbonyl (C=O) groups is 2. The van der Waals surface area contributed by atoms with Gasteiger partial charge in [0.1, 0.15) is 11.5 Å². The molecule has 0 spiro atoms. The average molecular weight is 405 g/mol. The maximum absolute atomic E-state index is 12.4. The molecule has 0 unspecified atom stereocenters. The molecule has 1 amide bonds. The number of anilines is 1. The van der Waals surface area contributed by atoms with E-state index in [4.69, 9.17) is 9.84 Å². The van der Waals surface area contributed by atoms with Crippen LogP contribution in [0.1, 0.15) is 21.0 Å². The van der Waals surface area contributed by atoms with Gasteiger partial charge in [-0.15, -0.1) is 0 Å². The van der Waals surface area contributed by atoms with Crippen LogP contribution in [0.2, 0.25) is 0 Å². The number of ether oxygens (including phenoxy) is 1. The highest BCUT2D eigenvalue weighted by molar-refractivity contribution is 6.04. The number of hydrogen-bond acceptors (Lipinski definition) is 7. The lowest BCUT2D eigenvalue weighted by Gasteiger charge is -2.08. The molecule has 2 aromatic carbocycles. The van der Waals surface area contributed by atoms with Gasteiger partial charge in [-0.2, -0.15) is 10.1 Å². The SMILES string of the molecule is Cn1ccc(NC(=O)c2cccc(Oc3ccc(-c4noc(C(=O)O)n4)cc3)c2)n1. The first-order chi connectivity index (χ1) is 14.5. The molecular formula is C20H15N5O5. The third-order valence-electron chi connectivity index (χ3n) is 4.01. The smallest absolute Gasteiger partial charge is 0.394 e. The molecule has 0 aliphatic carbocycles. The third kappa shape index (κ3) is 4.17. The number of rotatable bonds is 6. The van der Waals surface area contributed by atoms with Crippen LogP contribution >= 0.6 is 0 Å². The molecule has 0 aliphatic heterocycles. The summed E-state index contributed by atoms with van der Waals surface area (Å²) >= 11 is 0. The van der Waals surface area contributed by atoms with E-state index in [-0.39, 0.29) is 11.7 Å². The van der Waals surface area contributed by atoms with Gasteiger partial charge in [-0.05, 0) is 42.5 Å². The van der Waals surface area contributed by atoms with Crippen LogP contribution in [0.3, 0.4) is 0 Å². The van der Waals surface area contributed by atoms with Gasteiger partial charge in [0.2, 0.25) is 5.82 Å². The van der Waals surface area contributed by atoms with Crippen LogP contribution in [0.15, 0.2) is 65.3 Å². The van der Waals surface area contributed by atoms with Gasteiger partial charge >= 0.3 is 11.9 Å². The molecular weight excluding hydrogens is 390 g/mol. The van der Waals surface area contributed by atoms with Crippen molar-refractivity contribution in [1.29, 1.82) is 0 Å². The van der Waals surface area contributed by atoms with Gasteiger partial charge < -0.3 is 19.7 Å². The minimum atomic E-state index is -1.29. The number of aryl methyl sites for hydroxylation is 1. The van der Waals surface area contributed by atoms with E-state index in [9.17, 15) is 9.59 Å². The molecule has 30 heavy (non-hydrogen) atoms. The highest BCUT2D eigenvalue weighted by atomic mass is 16.5. The number of aromatic nitrogens is 4. The van der Waals surface area contributed by atoms with E-state index in [2.05, 4.69) is 25.1 Å². The second-order valence-corrected chi connectivity index (χ2v) is 6.21. The molecule has 150 valence electrons. The van der Waals surface area contributed by atoms with Crippen molar-refractivity contribution in [2.45, 2.75) is 0 Å². The monoisotopic (exact) mass is 405 g/mol. The Morgan fingerprint density at radius 3 is 2.57 bits per heavy atom. The number of nitrogens with zero attached hydrogens (tertiary/aromatic N) is 4. The number of carbonyl (C=O) groups excluding carboxylic acids is 1. The second-order valence-electron chi connectivity index (χ2n) is 6.21. The predicted octanol–water partition coefficient (Wildman–Crippen LogP) is 3.21. The molecule has 0 radical (unpaired) electrons. The Morgan fingerprint density at radius 2 is 1.90 bits per heavy atom. The van der Waals surface area contributed by atoms with Crippen LogP contribution in [0, 0.1) is 0 Å². The minimum Gasteiger partial charge on any atom is -0.474 e. The molecule has 10 heteroatoms. The van der Waals surface area contributed by atoms with E-state index >= 15 is 0 Å². The van der Waals surface area contributed by atoms with Crippen LogP contribution in [0.5, 0.6) is 11.5 Å². The summed E-state index contributed by atoms with van der Waals surface area (Å²) in [6.45, 7) is 0. The molecule has 0 saturated carbocycles. The normalized spacial score (nSPS) is 10.6. The zero-order valence-corrected chi connectivity index (χ0v) is 15.6. The first-order valence-corrected chi connectivity index (χ1v) is 8.74. The molecule has 0 fully saturated rings. The van der Waals surface area contributed by atoms with Gasteiger partial charge in [-0.25, -0.2) is 4.79 Å². The largest absolute Gasteiger partial charge is 0.474 e. The summed E-state index contributed by atoms with van der Waals surface area (Å²) in [5, 5.41) is 19.3. The fraction of sp³-hybridized carbons (Fsp3) is 0.0500. The maximum atomic E-state index is 12.4. The number of hydrogen-bond donors (Lipinski definition) is 2. The van der Waals surface area contributed by atoms with Crippen LogP contribution in [0.25, 0.3) is 11.4 Å². The van der Waals surface area contributed by atoms with Gasteiger partial charge in [0.05, 0.1) is 0 Å². The average Bonchev–Trinajstić information content (AvgIpc) is 3.38. The molecule has 0 saturated heterocycles. The number of amides is 1. The lowest BCUT2D eigenvalue weighted by Crippen LogP contribution is -2.12. The molecule has 4 rings (SSSR count). The van der Waals surface area contributed by atoms with Gasteiger partial charge in [-0.3, -0.25) is 9.48 Å². The van der Waals surface area contributed by atoms with Crippen LogP contribution in [-0.4, -0.2) is 36.9 Å². The summed E-state index contributed by atoms with van der Waals surface area (Å²) in [5.41, 5.74) is 0.991. The lowest BCUT2D eigenvalue weighted by molar-refractivity contribution is 0.0643. The van der Waals surface area contributed by atoms with E-state index in [1.807, 2.05) is 0 Å². The summed E-state index contributed by atoms with van der Waals surface area (Å²) in [5.74, 6) is -0.469. The minimum absolute atomic E-state index is 0.159. The number of carboxylic acids is 1. The van der Waals surface area contributed by atoms with Crippen molar-refractivity contribution in [2.75, 3.05) is 5.32 Å². The van der Waals surface area contributed by atoms with Crippen molar-refractivity contribution in [2.24, 2.45) is 7.05 Å². The fourth-order valence-corrected chi connectivity index (χ4v) is 2.61. The van der Waals surface area contributed by atoms with Crippen molar-refractivity contribution >= 4 is 17.7 Å². The third-order valence-corrected chi connectivity index (χ3v) is 4.01. The Hall–Kier alpha value is -4.47. The Bertz CT molecular complexity index is 1210. The van der Waals surface area contributed by atoms with E-state index < -0.39 is 11.9 Å². The molecule has 0 aliphatic rings. The van der Waals surface area contributed by atoms with E-state index in [0.717, 1.165) is 0 Å². The molecule has 0 bridgehead atoms. The van der Waals surface area contributed by atoms with Gasteiger partial charge in [0.15, 0.2) is 5.82 Å². The van der Waals surface area contributed by atoms with Crippen LogP contribution in [0.4, 0.5) is 5.82 Å². The molecule has 0 atom stereocenters. The lowest BCUT2D eigenvalue weighted by atomic mass is 10.2. The van der Waals surface area contributed by atoms with Crippen molar-refractivity contribution in [3.05, 3.63) is 72.2 Å². The van der Waals surface area contributed by atoms with E-state index in [1.165, 1.54) is 0 Å². The van der Waals surface area contributed by atoms with Gasteiger partial charge in [0.25, 0.3) is 5.91 Å². The first-order valence-electron chi connectivity index (χ1n) is 8.74. The Morgan fingerprint density at radius 1 is 1.10 bits per heavy atom. The fourth-order valence-electron chi connectivity index (χ4n) is 2.61. The van der Waals surface area contributed by atoms with Crippen LogP contribution in [-0.2, 0) is 7.05 Å². The van der Waals surface area contributed by atoms with Crippen molar-refractivity contribution in [3.63, 3.8) is 0 Å². The Labute approximate surface area is 169 Å². The topological polar surface area (TPSA) is 132 Å². The number of aromatic carboxylic acids is 1. The standard InChI is InChI=1S/C20H15N5O5/c1-25-10-9-16(23-25)21-18(26)13-3-2-4-15(11-13)29-14-7-5-12(6-8-14)17-22-19(20(27)28)30-24-17/h2-11H,1H3,(H,27,28)(H,21,23,26). The van der Waals surface area contributed by atoms with Gasteiger partial charge in [0, 0.05) is 30.4 Å². The zero-order chi connectivity index (χ0) is 21.1. The molecule has 2 aromatic heterocycles. The Kier molecular flexibility index (Phi) is 4.95. The summed E-state index contributed by atoms with van der Waals surface area (Å²) in [6.07, 6.45) is 1.73. The van der Waals surface area contributed by atoms with Crippen LogP contribution < -0.4 is 10.1 Å². The van der Waals surface area contributed by atoms with E-state index in [0.29, 0.717) is 28.4 Å². The Balaban J connectivity index is 1.45. The summed E-state index contributed by atoms with van der Waals surface area (Å²) < 4.78 is 12.0. The molecule has 2 heterocycles. The predicted molar refractivity (Wildman–Crippen MR) is 104 cm³/mol. The highest BCUT2D eigenvalue weighted by Crippen LogP contribution is 2.25. The molecule has 4 aromatic rings. The molecule has 2 N–H and O–H groups in total. The zero-order valence-electron chi connectivity index (χ0n) is 15.6. The summed E-state index contributed by atoms with van der Waals surface area (Å²) in [4.78, 5) is 27.0. The maximum Gasteiger partial charge on any atom is 0.394 e. The van der Waals surface area contributed by atoms with Gasteiger partial charge in [-0.1, -0.05) is 11.2 Å². The van der Waals surface area contributed by atoms with E-state index in [1.54, 1.807) is 72.5 Å². The number of carboxylic acid groups (broad SMARTS) is 1. The first kappa shape index (κ1) is 18.9. The van der Waals surface area contributed by atoms with Crippen molar-refractivity contribution < 1.29 is 24.0 Å². The van der Waals surface area contributed by atoms with Crippen molar-refractivity contribution in [1.82, 2.24) is 19.9 Å². The molecule has 10 nitrogen and oxygen atoms in total. The van der Waals surface area contributed by atoms with Crippen molar-refractivity contribution in [3.8, 4) is 22.9 Å². The summed E-state index contributed by atoms with van der Waals surface area (Å²) in [6, 6.07) is 15.1. The quantitative estimate of drug-likeness (QED) is 0.500. The number of nitrogens with one attached hydrogen (secondary N) is 1. The second kappa shape index (κ2) is 7.87. The summed E-state index contributed by atoms with van der Waals surface area (Å²) in [7, 11) is 1.76. The highest BCUT2D eigenvalue weighted by Gasteiger charge is 2.14.